The van der Waals surface area contributed by atoms with Crippen molar-refractivity contribution in [1.29, 1.82) is 0 Å². The summed E-state index contributed by atoms with van der Waals surface area (Å²) in [5, 5.41) is 3.04. The lowest BCUT2D eigenvalue weighted by Gasteiger charge is -2.43. The summed E-state index contributed by atoms with van der Waals surface area (Å²) < 4.78 is 18.4. The number of hydrogen-bond acceptors (Lipinski definition) is 10. The summed E-state index contributed by atoms with van der Waals surface area (Å²) in [6.07, 6.45) is 6.21. The second-order valence-corrected chi connectivity index (χ2v) is 17.3. The highest BCUT2D eigenvalue weighted by atomic mass is 16.6. The zero-order chi connectivity index (χ0) is 43.8. The quantitative estimate of drug-likeness (QED) is 0.171. The van der Waals surface area contributed by atoms with E-state index in [1.165, 1.54) is 4.57 Å². The summed E-state index contributed by atoms with van der Waals surface area (Å²) in [4.78, 5) is 88.4. The Hall–Kier alpha value is -5.38. The van der Waals surface area contributed by atoms with Crippen LogP contribution in [0.15, 0.2) is 45.6 Å². The molecule has 16 heteroatoms. The molecule has 3 saturated heterocycles. The van der Waals surface area contributed by atoms with Gasteiger partial charge in [0.2, 0.25) is 5.91 Å². The number of esters is 1. The van der Waals surface area contributed by atoms with E-state index in [9.17, 15) is 28.8 Å². The molecule has 16 nitrogen and oxygen atoms in total. The number of fused-ring (bicyclic) bond motifs is 2. The molecule has 5 amide bonds. The second kappa shape index (κ2) is 20.7. The van der Waals surface area contributed by atoms with Gasteiger partial charge in [-0.2, -0.15) is 0 Å². The minimum atomic E-state index is -1.10. The molecule has 2 aromatic carbocycles. The number of rotatable bonds is 14. The summed E-state index contributed by atoms with van der Waals surface area (Å²) >= 11 is 0. The Labute approximate surface area is 363 Å². The number of nitrogens with zero attached hydrogens (tertiary/aromatic N) is 6. The lowest BCUT2D eigenvalue weighted by molar-refractivity contribution is -0.146. The van der Waals surface area contributed by atoms with Gasteiger partial charge >= 0.3 is 23.8 Å². The van der Waals surface area contributed by atoms with Crippen LogP contribution in [0.5, 0.6) is 0 Å². The zero-order valence-corrected chi connectivity index (χ0v) is 36.6. The summed E-state index contributed by atoms with van der Waals surface area (Å²) in [5.74, 6) is -1.10. The van der Waals surface area contributed by atoms with Gasteiger partial charge in [-0.25, -0.2) is 14.4 Å². The van der Waals surface area contributed by atoms with E-state index in [-0.39, 0.29) is 55.2 Å². The van der Waals surface area contributed by atoms with Crippen molar-refractivity contribution in [3.63, 3.8) is 0 Å². The van der Waals surface area contributed by atoms with Crippen LogP contribution in [0, 0.1) is 6.92 Å². The number of aromatic nitrogens is 1. The van der Waals surface area contributed by atoms with Crippen molar-refractivity contribution in [2.45, 2.75) is 109 Å². The Kier molecular flexibility index (Phi) is 14.9. The topological polar surface area (TPSA) is 167 Å². The number of ether oxygens (including phenoxy) is 2. The monoisotopic (exact) mass is 857 g/mol. The van der Waals surface area contributed by atoms with E-state index in [1.54, 1.807) is 22.9 Å². The first-order valence-electron chi connectivity index (χ1n) is 22.7. The van der Waals surface area contributed by atoms with E-state index in [2.05, 4.69) is 17.1 Å². The van der Waals surface area contributed by atoms with Gasteiger partial charge in [0.15, 0.2) is 11.7 Å². The fourth-order valence-electron chi connectivity index (χ4n) is 9.53. The van der Waals surface area contributed by atoms with Gasteiger partial charge in [0.1, 0.15) is 0 Å². The largest absolute Gasteiger partial charge is 0.466 e. The van der Waals surface area contributed by atoms with Crippen molar-refractivity contribution in [1.82, 2.24) is 29.1 Å². The summed E-state index contributed by atoms with van der Waals surface area (Å²) in [7, 11) is 1.65. The number of amides is 5. The molecule has 7 rings (SSSR count). The number of piperazine rings is 1. The molecular weight excluding hydrogens is 795 g/mol. The lowest BCUT2D eigenvalue weighted by Crippen LogP contribution is -2.56. The van der Waals surface area contributed by atoms with E-state index in [0.717, 1.165) is 74.8 Å². The third-order valence-corrected chi connectivity index (χ3v) is 13.1. The fourth-order valence-corrected chi connectivity index (χ4v) is 9.53. The number of nitrogens with one attached hydrogen (secondary N) is 1. The Bertz CT molecular complexity index is 2130. The molecule has 5 heterocycles. The molecule has 3 aromatic rings. The SMILES string of the molecule is CCCCCCOC(=O)CCC(=O)N1CCN(C2CCN(C(=O)[C@@H](Cc3cc(C)c4c(c3)oc(=O)n4C)OC(=O)N3CCC(N4CCc5ccccc5NC4=O)CC3)CC2)CC1. The fraction of sp³-hybridized carbons (Fsp3) is 0.609. The van der Waals surface area contributed by atoms with E-state index >= 15 is 0 Å². The van der Waals surface area contributed by atoms with Gasteiger partial charge in [0.05, 0.1) is 18.5 Å². The molecule has 336 valence electrons. The highest BCUT2D eigenvalue weighted by Gasteiger charge is 2.37. The number of anilines is 1. The van der Waals surface area contributed by atoms with Crippen LogP contribution in [-0.2, 0) is 43.7 Å². The number of unbranched alkanes of at least 4 members (excludes halogenated alkanes) is 3. The minimum absolute atomic E-state index is 0.0298. The van der Waals surface area contributed by atoms with Crippen LogP contribution < -0.4 is 11.1 Å². The van der Waals surface area contributed by atoms with Crippen LogP contribution in [0.2, 0.25) is 0 Å². The maximum Gasteiger partial charge on any atom is 0.419 e. The van der Waals surface area contributed by atoms with Crippen LogP contribution >= 0.6 is 0 Å². The second-order valence-electron chi connectivity index (χ2n) is 17.3. The summed E-state index contributed by atoms with van der Waals surface area (Å²) in [6.45, 7) is 9.39. The maximum absolute atomic E-state index is 14.4. The maximum atomic E-state index is 14.4. The van der Waals surface area contributed by atoms with Crippen molar-refractivity contribution < 1.29 is 37.9 Å². The van der Waals surface area contributed by atoms with E-state index in [1.807, 2.05) is 47.1 Å². The molecule has 0 radical (unpaired) electrons. The number of urea groups is 1. The van der Waals surface area contributed by atoms with E-state index < -0.39 is 18.0 Å². The van der Waals surface area contributed by atoms with Gasteiger partial charge in [-0.15, -0.1) is 0 Å². The molecule has 1 N–H and O–H groups in total. The van der Waals surface area contributed by atoms with Crippen LogP contribution in [0.1, 0.15) is 87.8 Å². The first kappa shape index (κ1) is 44.7. The number of para-hydroxylation sites is 1. The number of aryl methyl sites for hydroxylation is 2. The average Bonchev–Trinajstić information content (AvgIpc) is 3.46. The number of benzene rings is 2. The molecule has 4 aliphatic heterocycles. The number of carbonyl (C=O) groups excluding carboxylic acids is 5. The minimum Gasteiger partial charge on any atom is -0.466 e. The molecule has 0 saturated carbocycles. The van der Waals surface area contributed by atoms with Crippen LogP contribution in [0.3, 0.4) is 0 Å². The number of oxazole rings is 1. The first-order valence-corrected chi connectivity index (χ1v) is 22.7. The number of likely N-dealkylation sites (tertiary alicyclic amines) is 2. The third kappa shape index (κ3) is 10.8. The Morgan fingerprint density at radius 3 is 2.27 bits per heavy atom. The predicted molar refractivity (Wildman–Crippen MR) is 233 cm³/mol. The average molecular weight is 858 g/mol. The number of piperidine rings is 2. The predicted octanol–water partition coefficient (Wildman–Crippen LogP) is 5.08. The molecule has 62 heavy (non-hydrogen) atoms. The van der Waals surface area contributed by atoms with Crippen LogP contribution in [0.25, 0.3) is 11.1 Å². The van der Waals surface area contributed by atoms with Crippen LogP contribution in [0.4, 0.5) is 15.3 Å². The standard InChI is InChI=1S/C46H63N7O9/c1-4-5-6-9-28-60-41(55)13-12-40(54)50-26-24-49(25-27-50)35-15-19-51(20-16-35)43(56)39(31-33-29-32(2)42-38(30-33)61-45(58)48(42)3)62-46(59)52-21-17-36(18-22-52)53-23-14-34-10-7-8-11-37(34)47-44(53)57/h7-8,10-11,29-30,35-36,39H,4-6,9,12-28,31H2,1-3H3,(H,47,57)/t39-/m1/s1. The van der Waals surface area contributed by atoms with Gasteiger partial charge in [-0.3, -0.25) is 23.9 Å². The zero-order valence-electron chi connectivity index (χ0n) is 36.6. The van der Waals surface area contributed by atoms with Crippen LogP contribution in [-0.4, -0.2) is 143 Å². The summed E-state index contributed by atoms with van der Waals surface area (Å²) in [6, 6.07) is 11.5. The Morgan fingerprint density at radius 2 is 1.53 bits per heavy atom. The number of carbonyl (C=O) groups is 5. The molecule has 0 spiro atoms. The molecular formula is C46H63N7O9. The normalized spacial score (nSPS) is 18.6. The first-order chi connectivity index (χ1) is 30.0. The highest BCUT2D eigenvalue weighted by Crippen LogP contribution is 2.27. The highest BCUT2D eigenvalue weighted by molar-refractivity contribution is 5.91. The lowest BCUT2D eigenvalue weighted by atomic mass is 9.99. The van der Waals surface area contributed by atoms with Crippen molar-refractivity contribution in [2.75, 3.05) is 70.8 Å². The van der Waals surface area contributed by atoms with Gasteiger partial charge in [0.25, 0.3) is 5.91 Å². The Balaban J connectivity index is 0.926. The third-order valence-electron chi connectivity index (χ3n) is 13.1. The number of hydrogen-bond donors (Lipinski definition) is 1. The van der Waals surface area contributed by atoms with Gasteiger partial charge < -0.3 is 38.8 Å². The molecule has 0 unspecified atom stereocenters. The van der Waals surface area contributed by atoms with Crippen molar-refractivity contribution >= 4 is 46.7 Å². The summed E-state index contributed by atoms with van der Waals surface area (Å²) in [5.41, 5.74) is 4.53. The van der Waals surface area contributed by atoms with Crippen molar-refractivity contribution in [2.24, 2.45) is 7.05 Å². The van der Waals surface area contributed by atoms with Gasteiger partial charge in [-0.05, 0) is 74.3 Å². The molecule has 1 aromatic heterocycles. The molecule has 0 bridgehead atoms. The van der Waals surface area contributed by atoms with Crippen molar-refractivity contribution in [3.8, 4) is 0 Å². The van der Waals surface area contributed by atoms with Crippen molar-refractivity contribution in [3.05, 3.63) is 63.6 Å². The van der Waals surface area contributed by atoms with Gasteiger partial charge in [0, 0.05) is 96.6 Å². The molecule has 1 atom stereocenters. The molecule has 0 aliphatic carbocycles. The Morgan fingerprint density at radius 1 is 0.823 bits per heavy atom. The molecule has 3 fully saturated rings. The van der Waals surface area contributed by atoms with Gasteiger partial charge in [-0.1, -0.05) is 50.5 Å². The van der Waals surface area contributed by atoms with E-state index in [0.29, 0.717) is 81.9 Å². The van der Waals surface area contributed by atoms with E-state index in [4.69, 9.17) is 13.9 Å². The smallest absolute Gasteiger partial charge is 0.419 e. The molecule has 4 aliphatic rings.